The molecule has 1 aromatic heterocycles. The first-order valence-corrected chi connectivity index (χ1v) is 8.17. The Labute approximate surface area is 144 Å². The first kappa shape index (κ1) is 15.4. The van der Waals surface area contributed by atoms with Gasteiger partial charge in [0.2, 0.25) is 0 Å². The molecule has 0 bridgehead atoms. The van der Waals surface area contributed by atoms with Gasteiger partial charge in [-0.1, -0.05) is 18.2 Å². The van der Waals surface area contributed by atoms with Crippen molar-refractivity contribution in [3.05, 3.63) is 69.8 Å². The standard InChI is InChI=1S/C19H18N4O2/c1-12-3-2-4-15(7-12)25-11-18-22-17-6-5-13(14-9-20-21-10-14)8-16(17)19(24)23-18/h2-9,14,21H,10-11H2,1H3,(H,22,23,24). The summed E-state index contributed by atoms with van der Waals surface area (Å²) in [7, 11) is 0. The molecule has 6 heteroatoms. The minimum atomic E-state index is -0.155. The largest absolute Gasteiger partial charge is 0.486 e. The molecule has 0 fully saturated rings. The molecule has 0 amide bonds. The lowest BCUT2D eigenvalue weighted by atomic mass is 9.99. The monoisotopic (exact) mass is 334 g/mol. The highest BCUT2D eigenvalue weighted by atomic mass is 16.5. The van der Waals surface area contributed by atoms with Gasteiger partial charge in [-0.2, -0.15) is 5.10 Å². The van der Waals surface area contributed by atoms with E-state index >= 15 is 0 Å². The van der Waals surface area contributed by atoms with E-state index in [-0.39, 0.29) is 18.1 Å². The first-order valence-electron chi connectivity index (χ1n) is 8.17. The van der Waals surface area contributed by atoms with Crippen LogP contribution in [0.2, 0.25) is 0 Å². The molecule has 0 radical (unpaired) electrons. The Hall–Kier alpha value is -3.15. The normalized spacial score (nSPS) is 16.1. The van der Waals surface area contributed by atoms with Gasteiger partial charge in [-0.25, -0.2) is 4.98 Å². The molecule has 4 rings (SSSR count). The molecule has 0 saturated heterocycles. The third-order valence-corrected chi connectivity index (χ3v) is 4.23. The SMILES string of the molecule is Cc1cccc(OCc2nc3ccc(C4C=NNC4)cc3c(=O)[nH]2)c1. The fourth-order valence-corrected chi connectivity index (χ4v) is 2.91. The van der Waals surface area contributed by atoms with E-state index in [9.17, 15) is 4.79 Å². The maximum Gasteiger partial charge on any atom is 0.258 e. The van der Waals surface area contributed by atoms with E-state index in [1.807, 2.05) is 55.6 Å². The van der Waals surface area contributed by atoms with Gasteiger partial charge in [-0.05, 0) is 42.3 Å². The van der Waals surface area contributed by atoms with Crippen LogP contribution in [0.4, 0.5) is 0 Å². The average Bonchev–Trinajstić information content (AvgIpc) is 3.14. The average molecular weight is 334 g/mol. The van der Waals surface area contributed by atoms with Gasteiger partial charge in [0.05, 0.1) is 10.9 Å². The molecule has 0 spiro atoms. The fourth-order valence-electron chi connectivity index (χ4n) is 2.91. The van der Waals surface area contributed by atoms with Crippen LogP contribution in [-0.2, 0) is 6.61 Å². The summed E-state index contributed by atoms with van der Waals surface area (Å²) < 4.78 is 5.72. The number of nitrogens with zero attached hydrogens (tertiary/aromatic N) is 2. The molecule has 1 aliphatic rings. The molecule has 6 nitrogen and oxygen atoms in total. The zero-order valence-electron chi connectivity index (χ0n) is 13.8. The van der Waals surface area contributed by atoms with Gasteiger partial charge >= 0.3 is 0 Å². The number of hydrazone groups is 1. The van der Waals surface area contributed by atoms with Gasteiger partial charge in [-0.3, -0.25) is 4.79 Å². The van der Waals surface area contributed by atoms with Gasteiger partial charge in [0.1, 0.15) is 18.2 Å². The van der Waals surface area contributed by atoms with Gasteiger partial charge in [0, 0.05) is 18.7 Å². The number of H-pyrrole nitrogens is 1. The van der Waals surface area contributed by atoms with Crippen LogP contribution in [0, 0.1) is 6.92 Å². The number of aromatic amines is 1. The Bertz CT molecular complexity index is 1010. The lowest BCUT2D eigenvalue weighted by molar-refractivity contribution is 0.296. The van der Waals surface area contributed by atoms with Gasteiger partial charge in [-0.15, -0.1) is 0 Å². The van der Waals surface area contributed by atoms with Crippen molar-refractivity contribution in [2.75, 3.05) is 6.54 Å². The summed E-state index contributed by atoms with van der Waals surface area (Å²) in [5, 5.41) is 4.60. The molecule has 0 aliphatic carbocycles. The third-order valence-electron chi connectivity index (χ3n) is 4.23. The minimum Gasteiger partial charge on any atom is -0.486 e. The topological polar surface area (TPSA) is 79.4 Å². The predicted octanol–water partition coefficient (Wildman–Crippen LogP) is 2.48. The zero-order chi connectivity index (χ0) is 17.2. The Morgan fingerprint density at radius 2 is 2.16 bits per heavy atom. The molecule has 0 saturated carbocycles. The fraction of sp³-hybridized carbons (Fsp3) is 0.211. The van der Waals surface area contributed by atoms with Crippen LogP contribution in [0.15, 0.2) is 52.4 Å². The predicted molar refractivity (Wildman–Crippen MR) is 97.1 cm³/mol. The van der Waals surface area contributed by atoms with Crippen molar-refractivity contribution in [1.82, 2.24) is 15.4 Å². The summed E-state index contributed by atoms with van der Waals surface area (Å²) in [6, 6.07) is 13.5. The molecule has 1 aliphatic heterocycles. The van der Waals surface area contributed by atoms with Crippen molar-refractivity contribution in [3.63, 3.8) is 0 Å². The van der Waals surface area contributed by atoms with Gasteiger partial charge in [0.15, 0.2) is 0 Å². The quantitative estimate of drug-likeness (QED) is 0.768. The van der Waals surface area contributed by atoms with Crippen LogP contribution >= 0.6 is 0 Å². The number of benzene rings is 2. The summed E-state index contributed by atoms with van der Waals surface area (Å²) in [6.07, 6.45) is 1.85. The molecular weight excluding hydrogens is 316 g/mol. The van der Waals surface area contributed by atoms with Crippen LogP contribution in [0.1, 0.15) is 22.9 Å². The number of rotatable bonds is 4. The smallest absolute Gasteiger partial charge is 0.258 e. The second kappa shape index (κ2) is 6.39. The highest BCUT2D eigenvalue weighted by molar-refractivity contribution is 5.80. The van der Waals surface area contributed by atoms with Crippen LogP contribution in [0.5, 0.6) is 5.75 Å². The lowest BCUT2D eigenvalue weighted by Gasteiger charge is -2.09. The van der Waals surface area contributed by atoms with Gasteiger partial charge in [0.25, 0.3) is 5.56 Å². The van der Waals surface area contributed by atoms with E-state index in [4.69, 9.17) is 4.74 Å². The van der Waals surface area contributed by atoms with E-state index in [2.05, 4.69) is 20.5 Å². The Morgan fingerprint density at radius 3 is 2.96 bits per heavy atom. The van der Waals surface area contributed by atoms with Crippen molar-refractivity contribution in [2.24, 2.45) is 5.10 Å². The Balaban J connectivity index is 1.60. The van der Waals surface area contributed by atoms with Crippen LogP contribution in [0.3, 0.4) is 0 Å². The van der Waals surface area contributed by atoms with E-state index in [1.165, 1.54) is 0 Å². The Kier molecular flexibility index (Phi) is 3.93. The number of nitrogens with one attached hydrogen (secondary N) is 2. The number of fused-ring (bicyclic) bond motifs is 1. The maximum atomic E-state index is 12.4. The summed E-state index contributed by atoms with van der Waals surface area (Å²) >= 11 is 0. The number of hydrogen-bond donors (Lipinski definition) is 2. The molecule has 3 aromatic rings. The van der Waals surface area contributed by atoms with E-state index in [0.29, 0.717) is 16.7 Å². The molecule has 25 heavy (non-hydrogen) atoms. The molecular formula is C19H18N4O2. The van der Waals surface area contributed by atoms with Crippen LogP contribution in [-0.4, -0.2) is 22.7 Å². The summed E-state index contributed by atoms with van der Waals surface area (Å²) in [5.41, 5.74) is 5.61. The van der Waals surface area contributed by atoms with E-state index in [1.54, 1.807) is 0 Å². The first-order chi connectivity index (χ1) is 12.2. The summed E-state index contributed by atoms with van der Waals surface area (Å²) in [4.78, 5) is 19.8. The number of aromatic nitrogens is 2. The van der Waals surface area contributed by atoms with Crippen molar-refractivity contribution in [3.8, 4) is 5.75 Å². The lowest BCUT2D eigenvalue weighted by Crippen LogP contribution is -2.15. The number of ether oxygens (including phenoxy) is 1. The minimum absolute atomic E-state index is 0.155. The molecule has 2 heterocycles. The number of hydrogen-bond acceptors (Lipinski definition) is 5. The second-order valence-electron chi connectivity index (χ2n) is 6.14. The highest BCUT2D eigenvalue weighted by Crippen LogP contribution is 2.20. The van der Waals surface area contributed by atoms with Crippen molar-refractivity contribution in [2.45, 2.75) is 19.4 Å². The molecule has 126 valence electrons. The maximum absolute atomic E-state index is 12.4. The summed E-state index contributed by atoms with van der Waals surface area (Å²) in [5.74, 6) is 1.45. The second-order valence-corrected chi connectivity index (χ2v) is 6.14. The molecule has 2 aromatic carbocycles. The van der Waals surface area contributed by atoms with Crippen molar-refractivity contribution >= 4 is 17.1 Å². The molecule has 1 atom stereocenters. The van der Waals surface area contributed by atoms with E-state index < -0.39 is 0 Å². The van der Waals surface area contributed by atoms with Gasteiger partial charge < -0.3 is 15.1 Å². The number of aryl methyl sites for hydroxylation is 1. The molecule has 1 unspecified atom stereocenters. The molecule has 2 N–H and O–H groups in total. The zero-order valence-corrected chi connectivity index (χ0v) is 13.8. The van der Waals surface area contributed by atoms with E-state index in [0.717, 1.165) is 23.4 Å². The summed E-state index contributed by atoms with van der Waals surface area (Å²) in [6.45, 7) is 2.97. The van der Waals surface area contributed by atoms with Crippen LogP contribution in [0.25, 0.3) is 10.9 Å². The highest BCUT2D eigenvalue weighted by Gasteiger charge is 2.14. The van der Waals surface area contributed by atoms with Crippen LogP contribution < -0.4 is 15.7 Å². The van der Waals surface area contributed by atoms with Crippen molar-refractivity contribution in [1.29, 1.82) is 0 Å². The van der Waals surface area contributed by atoms with Crippen molar-refractivity contribution < 1.29 is 4.74 Å². The third kappa shape index (κ3) is 3.24. The Morgan fingerprint density at radius 1 is 1.24 bits per heavy atom.